The summed E-state index contributed by atoms with van der Waals surface area (Å²) in [6, 6.07) is 28.4. The van der Waals surface area contributed by atoms with Gasteiger partial charge in [-0.3, -0.25) is 0 Å². The molecule has 0 aliphatic carbocycles. The predicted octanol–water partition coefficient (Wildman–Crippen LogP) is 8.28. The molecule has 0 atom stereocenters. The molecule has 0 radical (unpaired) electrons. The number of benzene rings is 3. The van der Waals surface area contributed by atoms with Gasteiger partial charge in [-0.2, -0.15) is 0 Å². The van der Waals surface area contributed by atoms with Crippen molar-refractivity contribution < 1.29 is 0 Å². The zero-order chi connectivity index (χ0) is 21.5. The molecule has 4 heteroatoms. The summed E-state index contributed by atoms with van der Waals surface area (Å²) < 4.78 is 2.21. The van der Waals surface area contributed by atoms with Gasteiger partial charge in [-0.25, -0.2) is 4.98 Å². The van der Waals surface area contributed by atoms with E-state index in [4.69, 9.17) is 28.2 Å². The molecule has 2 heterocycles. The average Bonchev–Trinajstić information content (AvgIpc) is 3.08. The molecule has 3 aromatic carbocycles. The monoisotopic (exact) mass is 442 g/mol. The summed E-state index contributed by atoms with van der Waals surface area (Å²) in [6.45, 7) is 4.20. The maximum absolute atomic E-state index is 7.07. The first-order valence-electron chi connectivity index (χ1n) is 10.1. The molecule has 152 valence electrons. The van der Waals surface area contributed by atoms with E-state index < -0.39 is 0 Å². The number of aromatic nitrogens is 2. The summed E-state index contributed by atoms with van der Waals surface area (Å²) in [5.74, 6) is 0. The lowest BCUT2D eigenvalue weighted by Gasteiger charge is -2.14. The number of pyridine rings is 1. The SMILES string of the molecule is Cc1cc(-c2nc3ccccc3c(-c3ccccc3)c2Cl)c(C)n1-c1ccc(Cl)cc1. The fraction of sp³-hybridized carbons (Fsp3) is 0.0741. The van der Waals surface area contributed by atoms with Gasteiger partial charge in [0.05, 0.1) is 16.2 Å². The lowest BCUT2D eigenvalue weighted by molar-refractivity contribution is 0.966. The van der Waals surface area contributed by atoms with Crippen LogP contribution in [0.25, 0.3) is 39.0 Å². The summed E-state index contributed by atoms with van der Waals surface area (Å²) in [5.41, 5.74) is 8.11. The van der Waals surface area contributed by atoms with E-state index in [1.165, 1.54) is 0 Å². The number of hydrogen-bond acceptors (Lipinski definition) is 1. The number of aryl methyl sites for hydroxylation is 1. The lowest BCUT2D eigenvalue weighted by atomic mass is 9.98. The van der Waals surface area contributed by atoms with Gasteiger partial charge in [0.1, 0.15) is 0 Å². The third-order valence-corrected chi connectivity index (χ3v) is 6.29. The molecule has 0 saturated heterocycles. The Morgan fingerprint density at radius 3 is 2.19 bits per heavy atom. The largest absolute Gasteiger partial charge is 0.318 e. The van der Waals surface area contributed by atoms with E-state index in [0.717, 1.165) is 55.4 Å². The number of fused-ring (bicyclic) bond motifs is 1. The third kappa shape index (κ3) is 3.42. The van der Waals surface area contributed by atoms with Crippen molar-refractivity contribution in [2.75, 3.05) is 0 Å². The molecule has 5 rings (SSSR count). The van der Waals surface area contributed by atoms with Gasteiger partial charge in [-0.15, -0.1) is 0 Å². The van der Waals surface area contributed by atoms with Crippen LogP contribution in [-0.2, 0) is 0 Å². The van der Waals surface area contributed by atoms with Gasteiger partial charge in [-0.1, -0.05) is 71.7 Å². The van der Waals surface area contributed by atoms with Crippen molar-refractivity contribution in [2.45, 2.75) is 13.8 Å². The Morgan fingerprint density at radius 2 is 1.45 bits per heavy atom. The van der Waals surface area contributed by atoms with E-state index in [1.54, 1.807) is 0 Å². The molecule has 0 spiro atoms. The summed E-state index contributed by atoms with van der Waals surface area (Å²) in [7, 11) is 0. The molecule has 2 nitrogen and oxygen atoms in total. The smallest absolute Gasteiger partial charge is 0.0920 e. The van der Waals surface area contributed by atoms with E-state index in [0.29, 0.717) is 5.02 Å². The fourth-order valence-corrected chi connectivity index (χ4v) is 4.73. The molecule has 0 amide bonds. The van der Waals surface area contributed by atoms with Crippen LogP contribution in [-0.4, -0.2) is 9.55 Å². The van der Waals surface area contributed by atoms with Crippen LogP contribution in [0.3, 0.4) is 0 Å². The predicted molar refractivity (Wildman–Crippen MR) is 131 cm³/mol. The Balaban J connectivity index is 1.78. The van der Waals surface area contributed by atoms with Crippen LogP contribution in [0.5, 0.6) is 0 Å². The highest BCUT2D eigenvalue weighted by Crippen LogP contribution is 2.42. The van der Waals surface area contributed by atoms with Crippen molar-refractivity contribution in [3.8, 4) is 28.1 Å². The van der Waals surface area contributed by atoms with Gasteiger partial charge in [-0.05, 0) is 55.8 Å². The van der Waals surface area contributed by atoms with Crippen molar-refractivity contribution in [3.05, 3.63) is 106 Å². The Labute approximate surface area is 191 Å². The van der Waals surface area contributed by atoms with E-state index in [1.807, 2.05) is 60.7 Å². The van der Waals surface area contributed by atoms with Crippen molar-refractivity contribution in [2.24, 2.45) is 0 Å². The molecule has 0 aliphatic heterocycles. The maximum atomic E-state index is 7.07. The molecule has 5 aromatic rings. The first kappa shape index (κ1) is 19.9. The van der Waals surface area contributed by atoms with Gasteiger partial charge >= 0.3 is 0 Å². The van der Waals surface area contributed by atoms with Crippen LogP contribution in [0.4, 0.5) is 0 Å². The Bertz CT molecular complexity index is 1400. The Kier molecular flexibility index (Phi) is 5.05. The van der Waals surface area contributed by atoms with Crippen LogP contribution >= 0.6 is 23.2 Å². The minimum Gasteiger partial charge on any atom is -0.318 e. The Hall–Kier alpha value is -3.07. The number of hydrogen-bond donors (Lipinski definition) is 0. The van der Waals surface area contributed by atoms with E-state index >= 15 is 0 Å². The molecule has 0 N–H and O–H groups in total. The van der Waals surface area contributed by atoms with E-state index in [9.17, 15) is 0 Å². The molecule has 0 bridgehead atoms. The first-order chi connectivity index (χ1) is 15.0. The minimum atomic E-state index is 0.668. The standard InChI is InChI=1S/C27H20Cl2N2/c1-17-16-23(18(2)31(17)21-14-12-20(28)13-15-21)27-26(29)25(19-8-4-3-5-9-19)22-10-6-7-11-24(22)30-27/h3-16H,1-2H3. The molecule has 0 fully saturated rings. The molecule has 0 saturated carbocycles. The van der Waals surface area contributed by atoms with Crippen molar-refractivity contribution in [1.29, 1.82) is 0 Å². The van der Waals surface area contributed by atoms with Gasteiger partial charge in [0, 0.05) is 38.6 Å². The quantitative estimate of drug-likeness (QED) is 0.274. The third-order valence-electron chi connectivity index (χ3n) is 5.67. The van der Waals surface area contributed by atoms with Gasteiger partial charge < -0.3 is 4.57 Å². The molecular weight excluding hydrogens is 423 g/mol. The first-order valence-corrected chi connectivity index (χ1v) is 10.9. The minimum absolute atomic E-state index is 0.668. The topological polar surface area (TPSA) is 17.8 Å². The van der Waals surface area contributed by atoms with Crippen molar-refractivity contribution >= 4 is 34.1 Å². The van der Waals surface area contributed by atoms with Gasteiger partial charge in [0.25, 0.3) is 0 Å². The summed E-state index contributed by atoms with van der Waals surface area (Å²) in [6.07, 6.45) is 0. The molecule has 31 heavy (non-hydrogen) atoms. The second kappa shape index (κ2) is 7.88. The average molecular weight is 443 g/mol. The van der Waals surface area contributed by atoms with Crippen LogP contribution in [0.2, 0.25) is 10.0 Å². The number of halogens is 2. The zero-order valence-electron chi connectivity index (χ0n) is 17.2. The van der Waals surface area contributed by atoms with Crippen LogP contribution in [0, 0.1) is 13.8 Å². The molecule has 2 aromatic heterocycles. The fourth-order valence-electron chi connectivity index (χ4n) is 4.24. The highest BCUT2D eigenvalue weighted by atomic mass is 35.5. The van der Waals surface area contributed by atoms with Crippen LogP contribution in [0.15, 0.2) is 84.9 Å². The Morgan fingerprint density at radius 1 is 0.774 bits per heavy atom. The highest BCUT2D eigenvalue weighted by molar-refractivity contribution is 6.37. The number of rotatable bonds is 3. The van der Waals surface area contributed by atoms with E-state index in [2.05, 4.69) is 42.7 Å². The molecular formula is C27H20Cl2N2. The summed E-state index contributed by atoms with van der Waals surface area (Å²) >= 11 is 13.2. The van der Waals surface area contributed by atoms with Crippen molar-refractivity contribution in [3.63, 3.8) is 0 Å². The highest BCUT2D eigenvalue weighted by Gasteiger charge is 2.20. The summed E-state index contributed by atoms with van der Waals surface area (Å²) in [5, 5.41) is 2.44. The van der Waals surface area contributed by atoms with Crippen molar-refractivity contribution in [1.82, 2.24) is 9.55 Å². The van der Waals surface area contributed by atoms with Gasteiger partial charge in [0.15, 0.2) is 0 Å². The number of para-hydroxylation sites is 1. The normalized spacial score (nSPS) is 11.2. The second-order valence-corrected chi connectivity index (χ2v) is 8.44. The molecule has 0 aliphatic rings. The van der Waals surface area contributed by atoms with Crippen LogP contribution < -0.4 is 0 Å². The van der Waals surface area contributed by atoms with Gasteiger partial charge in [0.2, 0.25) is 0 Å². The second-order valence-electron chi connectivity index (χ2n) is 7.63. The zero-order valence-corrected chi connectivity index (χ0v) is 18.7. The van der Waals surface area contributed by atoms with E-state index in [-0.39, 0.29) is 0 Å². The lowest BCUT2D eigenvalue weighted by Crippen LogP contribution is -1.99. The number of nitrogens with zero attached hydrogens (tertiary/aromatic N) is 2. The van der Waals surface area contributed by atoms with Crippen LogP contribution in [0.1, 0.15) is 11.4 Å². The summed E-state index contributed by atoms with van der Waals surface area (Å²) in [4.78, 5) is 4.99. The maximum Gasteiger partial charge on any atom is 0.0920 e. The molecule has 0 unspecified atom stereocenters.